The summed E-state index contributed by atoms with van der Waals surface area (Å²) in [5, 5.41) is 10.0. The molecular formula is C17H20O3. The molecule has 1 aromatic carbocycles. The third-order valence-corrected chi connectivity index (χ3v) is 3.80. The molecule has 1 aliphatic carbocycles. The van der Waals surface area contributed by atoms with Crippen LogP contribution in [-0.4, -0.2) is 23.3 Å². The number of ether oxygens (including phenoxy) is 1. The number of allylic oxidation sites excluding steroid dienone is 1. The van der Waals surface area contributed by atoms with Gasteiger partial charge in [-0.3, -0.25) is 0 Å². The van der Waals surface area contributed by atoms with E-state index >= 15 is 0 Å². The maximum atomic E-state index is 12.1. The first kappa shape index (κ1) is 14.5. The van der Waals surface area contributed by atoms with Crippen molar-refractivity contribution in [2.75, 3.05) is 0 Å². The Morgan fingerprint density at radius 3 is 2.55 bits per heavy atom. The summed E-state index contributed by atoms with van der Waals surface area (Å²) in [6, 6.07) is 8.84. The normalized spacial score (nSPS) is 26.1. The second kappa shape index (κ2) is 6.06. The summed E-state index contributed by atoms with van der Waals surface area (Å²) < 4.78 is 5.50. The van der Waals surface area contributed by atoms with E-state index in [-0.39, 0.29) is 11.9 Å². The molecule has 1 fully saturated rings. The summed E-state index contributed by atoms with van der Waals surface area (Å²) in [7, 11) is 0. The summed E-state index contributed by atoms with van der Waals surface area (Å²) in [4.78, 5) is 12.1. The lowest BCUT2D eigenvalue weighted by atomic mass is 9.79. The Morgan fingerprint density at radius 1 is 1.30 bits per heavy atom. The number of carbonyl (C=O) groups is 1. The van der Waals surface area contributed by atoms with E-state index in [1.54, 1.807) is 24.3 Å². The maximum absolute atomic E-state index is 12.1. The zero-order valence-corrected chi connectivity index (χ0v) is 11.7. The molecule has 20 heavy (non-hydrogen) atoms. The predicted octanol–water partition coefficient (Wildman–Crippen LogP) is 3.12. The van der Waals surface area contributed by atoms with Crippen molar-refractivity contribution < 1.29 is 14.6 Å². The first-order valence-electron chi connectivity index (χ1n) is 6.77. The minimum atomic E-state index is -0.640. The molecule has 1 aromatic rings. The van der Waals surface area contributed by atoms with Crippen LogP contribution >= 0.6 is 0 Å². The molecule has 0 saturated heterocycles. The van der Waals surface area contributed by atoms with Gasteiger partial charge in [0.25, 0.3) is 0 Å². The molecule has 0 spiro atoms. The van der Waals surface area contributed by atoms with Crippen molar-refractivity contribution in [3.8, 4) is 0 Å². The van der Waals surface area contributed by atoms with Crippen LogP contribution in [0.3, 0.4) is 0 Å². The third-order valence-electron chi connectivity index (χ3n) is 3.80. The van der Waals surface area contributed by atoms with Gasteiger partial charge in [-0.05, 0) is 43.4 Å². The molecule has 0 bridgehead atoms. The van der Waals surface area contributed by atoms with Crippen LogP contribution in [0.2, 0.25) is 0 Å². The van der Waals surface area contributed by atoms with Gasteiger partial charge < -0.3 is 9.84 Å². The number of hydrogen-bond acceptors (Lipinski definition) is 3. The van der Waals surface area contributed by atoms with Crippen molar-refractivity contribution >= 4 is 5.97 Å². The van der Waals surface area contributed by atoms with Crippen LogP contribution in [0, 0.1) is 5.92 Å². The van der Waals surface area contributed by atoms with Gasteiger partial charge in [0.15, 0.2) is 0 Å². The number of aliphatic hydroxyl groups is 1. The Hall–Kier alpha value is -1.87. The van der Waals surface area contributed by atoms with Crippen LogP contribution in [0.15, 0.2) is 54.6 Å². The monoisotopic (exact) mass is 272 g/mol. The van der Waals surface area contributed by atoms with Gasteiger partial charge in [0.05, 0.1) is 11.7 Å². The minimum absolute atomic E-state index is 0.157. The maximum Gasteiger partial charge on any atom is 0.338 e. The average molecular weight is 272 g/mol. The van der Waals surface area contributed by atoms with E-state index in [1.165, 1.54) is 0 Å². The second-order valence-corrected chi connectivity index (χ2v) is 5.37. The zero-order valence-electron chi connectivity index (χ0n) is 11.7. The van der Waals surface area contributed by atoms with Gasteiger partial charge in [0.1, 0.15) is 6.10 Å². The highest BCUT2D eigenvalue weighted by atomic mass is 16.5. The van der Waals surface area contributed by atoms with Gasteiger partial charge >= 0.3 is 5.97 Å². The number of benzene rings is 1. The lowest BCUT2D eigenvalue weighted by molar-refractivity contribution is 0.0172. The first-order valence-corrected chi connectivity index (χ1v) is 6.77. The van der Waals surface area contributed by atoms with Gasteiger partial charge in [-0.2, -0.15) is 0 Å². The molecule has 1 saturated carbocycles. The summed E-state index contributed by atoms with van der Waals surface area (Å²) in [6.07, 6.45) is 0.157. The van der Waals surface area contributed by atoms with E-state index in [9.17, 15) is 9.90 Å². The van der Waals surface area contributed by atoms with Crippen LogP contribution < -0.4 is 0 Å². The topological polar surface area (TPSA) is 46.5 Å². The largest absolute Gasteiger partial charge is 0.454 e. The van der Waals surface area contributed by atoms with Gasteiger partial charge in [-0.1, -0.05) is 36.9 Å². The molecule has 0 radical (unpaired) electrons. The smallest absolute Gasteiger partial charge is 0.338 e. The lowest BCUT2D eigenvalue weighted by Crippen LogP contribution is -2.35. The van der Waals surface area contributed by atoms with E-state index in [0.717, 1.165) is 5.57 Å². The molecule has 3 atom stereocenters. The standard InChI is InChI=1S/C17H20O3/c1-11(2)14-9-15(18)12(3)16(10-14)20-17(19)13-7-5-4-6-8-13/h4-8,14-16,18H,1,3,9-10H2,2H3/t14-,15-,16-/m1/s1. The summed E-state index contributed by atoms with van der Waals surface area (Å²) in [5.41, 5.74) is 2.08. The van der Waals surface area contributed by atoms with Gasteiger partial charge in [-0.15, -0.1) is 0 Å². The molecule has 1 N–H and O–H groups in total. The van der Waals surface area contributed by atoms with Gasteiger partial charge in [-0.25, -0.2) is 4.79 Å². The molecular weight excluding hydrogens is 252 g/mol. The molecule has 1 aliphatic rings. The van der Waals surface area contributed by atoms with Crippen molar-refractivity contribution in [2.24, 2.45) is 5.92 Å². The SMILES string of the molecule is C=C(C)[C@@H]1C[C@@H](O)C(=C)[C@H](OC(=O)c2ccccc2)C1. The van der Waals surface area contributed by atoms with Crippen LogP contribution in [0.4, 0.5) is 0 Å². The summed E-state index contributed by atoms with van der Waals surface area (Å²) in [5.74, 6) is -0.226. The van der Waals surface area contributed by atoms with E-state index in [2.05, 4.69) is 13.2 Å². The zero-order chi connectivity index (χ0) is 14.7. The fourth-order valence-electron chi connectivity index (χ4n) is 2.44. The molecule has 0 amide bonds. The van der Waals surface area contributed by atoms with Crippen LogP contribution in [0.25, 0.3) is 0 Å². The van der Waals surface area contributed by atoms with Gasteiger partial charge in [0.2, 0.25) is 0 Å². The number of carbonyl (C=O) groups excluding carboxylic acids is 1. The highest BCUT2D eigenvalue weighted by Crippen LogP contribution is 2.34. The fraction of sp³-hybridized carbons (Fsp3) is 0.353. The number of rotatable bonds is 3. The molecule has 0 aromatic heterocycles. The second-order valence-electron chi connectivity index (χ2n) is 5.37. The Bertz CT molecular complexity index is 518. The van der Waals surface area contributed by atoms with Crippen molar-refractivity contribution in [3.05, 3.63) is 60.2 Å². The summed E-state index contributed by atoms with van der Waals surface area (Å²) >= 11 is 0. The van der Waals surface area contributed by atoms with Crippen molar-refractivity contribution in [3.63, 3.8) is 0 Å². The molecule has 3 heteroatoms. The van der Waals surface area contributed by atoms with Gasteiger partial charge in [0, 0.05) is 0 Å². The van der Waals surface area contributed by atoms with E-state index < -0.39 is 12.2 Å². The van der Waals surface area contributed by atoms with Crippen LogP contribution in [-0.2, 0) is 4.74 Å². The van der Waals surface area contributed by atoms with E-state index in [4.69, 9.17) is 4.74 Å². The summed E-state index contributed by atoms with van der Waals surface area (Å²) in [6.45, 7) is 9.72. The average Bonchev–Trinajstić information content (AvgIpc) is 2.44. The van der Waals surface area contributed by atoms with Crippen molar-refractivity contribution in [2.45, 2.75) is 32.0 Å². The molecule has 0 heterocycles. The van der Waals surface area contributed by atoms with E-state index in [1.807, 2.05) is 13.0 Å². The molecule has 0 unspecified atom stereocenters. The van der Waals surface area contributed by atoms with E-state index in [0.29, 0.717) is 24.0 Å². The molecule has 3 nitrogen and oxygen atoms in total. The Morgan fingerprint density at radius 2 is 1.95 bits per heavy atom. The third kappa shape index (κ3) is 3.17. The molecule has 0 aliphatic heterocycles. The quantitative estimate of drug-likeness (QED) is 0.679. The Kier molecular flexibility index (Phi) is 4.40. The number of hydrogen-bond donors (Lipinski definition) is 1. The first-order chi connectivity index (χ1) is 9.49. The predicted molar refractivity (Wildman–Crippen MR) is 78.3 cm³/mol. The minimum Gasteiger partial charge on any atom is -0.454 e. The molecule has 106 valence electrons. The number of aliphatic hydroxyl groups excluding tert-OH is 1. The Balaban J connectivity index is 2.09. The Labute approximate surface area is 119 Å². The highest BCUT2D eigenvalue weighted by molar-refractivity contribution is 5.89. The highest BCUT2D eigenvalue weighted by Gasteiger charge is 2.33. The van der Waals surface area contributed by atoms with Crippen LogP contribution in [0.5, 0.6) is 0 Å². The fourth-order valence-corrected chi connectivity index (χ4v) is 2.44. The number of esters is 1. The van der Waals surface area contributed by atoms with Crippen molar-refractivity contribution in [1.29, 1.82) is 0 Å². The lowest BCUT2D eigenvalue weighted by Gasteiger charge is -2.34. The van der Waals surface area contributed by atoms with Crippen LogP contribution in [0.1, 0.15) is 30.1 Å². The molecule has 2 rings (SSSR count). The van der Waals surface area contributed by atoms with Crippen molar-refractivity contribution in [1.82, 2.24) is 0 Å².